The fourth-order valence-corrected chi connectivity index (χ4v) is 6.78. The first kappa shape index (κ1) is 36.8. The number of nitrogens with one attached hydrogen (secondary N) is 2. The molecule has 0 aromatic carbocycles. The van der Waals surface area contributed by atoms with Crippen LogP contribution in [0, 0.1) is 23.7 Å². The van der Waals surface area contributed by atoms with Crippen LogP contribution in [0.2, 0.25) is 0 Å². The molecule has 0 radical (unpaired) electrons. The van der Waals surface area contributed by atoms with Crippen LogP contribution in [-0.4, -0.2) is 43.6 Å². The predicted octanol–water partition coefficient (Wildman–Crippen LogP) is 4.38. The van der Waals surface area contributed by atoms with Gasteiger partial charge in [-0.2, -0.15) is 13.2 Å². The number of carbonyl (C=O) groups excluding carboxylic acids is 3. The minimum absolute atomic E-state index is 0.246. The van der Waals surface area contributed by atoms with Crippen LogP contribution >= 0.6 is 22.7 Å². The van der Waals surface area contributed by atoms with E-state index < -0.39 is 12.1 Å². The van der Waals surface area contributed by atoms with Gasteiger partial charge in [-0.05, 0) is 93.0 Å². The number of carbonyl (C=O) groups is 3. The maximum atomic E-state index is 12.0. The number of hydrogen-bond acceptors (Lipinski definition) is 6. The highest BCUT2D eigenvalue weighted by Crippen LogP contribution is 2.30. The van der Waals surface area contributed by atoms with Crippen molar-refractivity contribution in [3.63, 3.8) is 0 Å². The molecule has 2 aliphatic carbocycles. The molecule has 2 fully saturated rings. The number of amides is 2. The van der Waals surface area contributed by atoms with Crippen molar-refractivity contribution in [3.8, 4) is 0 Å². The molecule has 2 saturated carbocycles. The lowest BCUT2D eigenvalue weighted by atomic mass is 9.80. The molecule has 242 valence electrons. The van der Waals surface area contributed by atoms with Gasteiger partial charge in [0.25, 0.3) is 0 Å². The highest BCUT2D eigenvalue weighted by Gasteiger charge is 2.29. The van der Waals surface area contributed by atoms with E-state index in [1.54, 1.807) is 22.7 Å². The SMILES string of the molecule is CCC1CCC(C(=O)NCCc2cccs2)CC1.O=C([O-])C(F)(F)F.[NH3+]CC1CCC(C(=O)NCCc2cccs2)CC1. The van der Waals surface area contributed by atoms with E-state index in [9.17, 15) is 22.8 Å². The lowest BCUT2D eigenvalue weighted by Crippen LogP contribution is -2.54. The summed E-state index contributed by atoms with van der Waals surface area (Å²) in [6, 6.07) is 8.37. The molecule has 12 heteroatoms. The van der Waals surface area contributed by atoms with Gasteiger partial charge in [0.05, 0.1) is 6.54 Å². The third-order valence-electron chi connectivity index (χ3n) is 8.15. The molecule has 2 aromatic rings. The Morgan fingerprint density at radius 3 is 1.51 bits per heavy atom. The van der Waals surface area contributed by atoms with Gasteiger partial charge in [0.15, 0.2) is 0 Å². The molecule has 0 aliphatic heterocycles. The quantitative estimate of drug-likeness (QED) is 0.355. The third kappa shape index (κ3) is 14.7. The number of quaternary nitrogens is 1. The third-order valence-corrected chi connectivity index (χ3v) is 10.0. The van der Waals surface area contributed by atoms with Crippen LogP contribution in [0.25, 0.3) is 0 Å². The predicted molar refractivity (Wildman–Crippen MR) is 162 cm³/mol. The number of thiophene rings is 2. The molecule has 0 spiro atoms. The number of alkyl halides is 3. The van der Waals surface area contributed by atoms with Crippen LogP contribution in [0.5, 0.6) is 0 Å². The van der Waals surface area contributed by atoms with Gasteiger partial charge >= 0.3 is 6.18 Å². The van der Waals surface area contributed by atoms with Crippen molar-refractivity contribution in [1.82, 2.24) is 10.6 Å². The van der Waals surface area contributed by atoms with Crippen LogP contribution in [0.1, 0.15) is 74.5 Å². The van der Waals surface area contributed by atoms with Crippen molar-refractivity contribution in [2.24, 2.45) is 23.7 Å². The number of carboxylic acid groups (broad SMARTS) is 1. The van der Waals surface area contributed by atoms with Crippen molar-refractivity contribution in [2.75, 3.05) is 19.6 Å². The monoisotopic (exact) mass is 645 g/mol. The highest BCUT2D eigenvalue weighted by atomic mass is 32.1. The molecule has 0 bridgehead atoms. The molecule has 43 heavy (non-hydrogen) atoms. The molecule has 2 heterocycles. The van der Waals surface area contributed by atoms with Gasteiger partial charge in [0.1, 0.15) is 5.97 Å². The zero-order chi connectivity index (χ0) is 31.7. The first-order valence-corrected chi connectivity index (χ1v) is 17.0. The minimum Gasteiger partial charge on any atom is -0.542 e. The second kappa shape index (κ2) is 19.8. The summed E-state index contributed by atoms with van der Waals surface area (Å²) in [5, 5.41) is 19.1. The molecule has 0 saturated heterocycles. The zero-order valence-corrected chi connectivity index (χ0v) is 26.6. The Kier molecular flexibility index (Phi) is 16.9. The maximum Gasteiger partial charge on any atom is 0.430 e. The standard InChI is InChI=1S/C15H23NOS.C14H22N2OS.C2HF3O2/c1-2-12-5-7-13(8-6-12)15(17)16-10-9-14-4-3-11-18-14;15-10-11-3-5-12(6-4-11)14(17)16-8-7-13-2-1-9-18-13;3-2(4,5)1(6)7/h3-4,11-13H,2,5-10H2,1H3,(H,16,17);1-2,9,11-12H,3-8,10,15H2,(H,16,17);(H,6,7). The van der Waals surface area contributed by atoms with Crippen LogP contribution in [0.15, 0.2) is 35.0 Å². The Morgan fingerprint density at radius 2 is 1.21 bits per heavy atom. The number of halogens is 3. The van der Waals surface area contributed by atoms with Gasteiger partial charge in [-0.3, -0.25) is 9.59 Å². The summed E-state index contributed by atoms with van der Waals surface area (Å²) in [5.74, 6) is -0.338. The van der Waals surface area contributed by atoms with Gasteiger partial charge in [0, 0.05) is 40.6 Å². The number of rotatable bonds is 10. The Labute approximate surface area is 260 Å². The fraction of sp³-hybridized carbons (Fsp3) is 0.645. The average molecular weight is 646 g/mol. The van der Waals surface area contributed by atoms with Crippen molar-refractivity contribution >= 4 is 40.5 Å². The second-order valence-corrected chi connectivity index (χ2v) is 13.2. The smallest absolute Gasteiger partial charge is 0.430 e. The fourth-order valence-electron chi connectivity index (χ4n) is 5.36. The summed E-state index contributed by atoms with van der Waals surface area (Å²) in [6.07, 6.45) is 7.08. The summed E-state index contributed by atoms with van der Waals surface area (Å²) < 4.78 is 31.5. The minimum atomic E-state index is -5.19. The van der Waals surface area contributed by atoms with Crippen LogP contribution < -0.4 is 21.5 Å². The first-order valence-electron chi connectivity index (χ1n) is 15.2. The van der Waals surface area contributed by atoms with Crippen LogP contribution in [0.4, 0.5) is 13.2 Å². The van der Waals surface area contributed by atoms with E-state index in [0.717, 1.165) is 70.0 Å². The van der Waals surface area contributed by atoms with E-state index in [0.29, 0.717) is 0 Å². The van der Waals surface area contributed by atoms with Gasteiger partial charge < -0.3 is 26.3 Å². The summed E-state index contributed by atoms with van der Waals surface area (Å²) in [4.78, 5) is 35.5. The molecular weight excluding hydrogens is 599 g/mol. The van der Waals surface area contributed by atoms with Gasteiger partial charge in [-0.1, -0.05) is 25.5 Å². The van der Waals surface area contributed by atoms with E-state index in [2.05, 4.69) is 58.3 Å². The zero-order valence-electron chi connectivity index (χ0n) is 25.0. The lowest BCUT2D eigenvalue weighted by molar-refractivity contribution is -0.380. The molecule has 5 N–H and O–H groups in total. The van der Waals surface area contributed by atoms with Gasteiger partial charge in [0.2, 0.25) is 11.8 Å². The van der Waals surface area contributed by atoms with E-state index in [-0.39, 0.29) is 23.7 Å². The molecule has 0 atom stereocenters. The number of aliphatic carboxylic acids is 1. The van der Waals surface area contributed by atoms with Crippen molar-refractivity contribution in [2.45, 2.75) is 83.7 Å². The van der Waals surface area contributed by atoms with E-state index in [4.69, 9.17) is 9.90 Å². The Bertz CT molecular complexity index is 977. The molecule has 2 aliphatic rings. The van der Waals surface area contributed by atoms with Crippen LogP contribution in [-0.2, 0) is 27.2 Å². The van der Waals surface area contributed by atoms with E-state index in [1.165, 1.54) is 41.9 Å². The maximum absolute atomic E-state index is 12.0. The second-order valence-electron chi connectivity index (χ2n) is 11.2. The highest BCUT2D eigenvalue weighted by molar-refractivity contribution is 7.10. The molecule has 4 rings (SSSR count). The van der Waals surface area contributed by atoms with E-state index in [1.807, 2.05) is 0 Å². The Hall–Kier alpha value is -2.44. The molecule has 7 nitrogen and oxygen atoms in total. The lowest BCUT2D eigenvalue weighted by Gasteiger charge is -2.26. The largest absolute Gasteiger partial charge is 0.542 e. The van der Waals surface area contributed by atoms with E-state index >= 15 is 0 Å². The number of hydrogen-bond donors (Lipinski definition) is 3. The normalized spacial score (nSPS) is 21.8. The summed E-state index contributed by atoms with van der Waals surface area (Å²) in [7, 11) is 0. The molecule has 0 unspecified atom stereocenters. The first-order chi connectivity index (χ1) is 20.5. The summed E-state index contributed by atoms with van der Waals surface area (Å²) in [5.41, 5.74) is 3.96. The average Bonchev–Trinajstić information content (AvgIpc) is 3.72. The van der Waals surface area contributed by atoms with Crippen molar-refractivity contribution in [3.05, 3.63) is 44.8 Å². The number of carboxylic acids is 1. The van der Waals surface area contributed by atoms with Crippen LogP contribution in [0.3, 0.4) is 0 Å². The molecular formula is C31H46F3N3O4S2. The Morgan fingerprint density at radius 1 is 0.814 bits per heavy atom. The van der Waals surface area contributed by atoms with Crippen molar-refractivity contribution in [1.29, 1.82) is 0 Å². The molecule has 2 aromatic heterocycles. The Balaban J connectivity index is 0.000000247. The van der Waals surface area contributed by atoms with Crippen molar-refractivity contribution < 1.29 is 38.4 Å². The van der Waals surface area contributed by atoms with Gasteiger partial charge in [-0.15, -0.1) is 22.7 Å². The summed E-state index contributed by atoms with van der Waals surface area (Å²) >= 11 is 3.52. The van der Waals surface area contributed by atoms with Gasteiger partial charge in [-0.25, -0.2) is 0 Å². The molecule has 2 amide bonds. The topological polar surface area (TPSA) is 126 Å². The summed E-state index contributed by atoms with van der Waals surface area (Å²) in [6.45, 7) is 4.83.